The standard InChI is InChI=1S/C12H12N2O3/c15-11(14-7-1-2-8-14)12(16,17)9-10-3-5-13-6-4-10/h1-8,16-17H,9H2. The van der Waals surface area contributed by atoms with Gasteiger partial charge in [0.05, 0.1) is 0 Å². The van der Waals surface area contributed by atoms with Crippen molar-refractivity contribution in [2.24, 2.45) is 0 Å². The lowest BCUT2D eigenvalue weighted by atomic mass is 10.1. The number of carbonyl (C=O) groups is 1. The number of pyridine rings is 1. The molecule has 0 bridgehead atoms. The molecule has 5 heteroatoms. The van der Waals surface area contributed by atoms with E-state index in [-0.39, 0.29) is 6.42 Å². The number of hydrogen-bond acceptors (Lipinski definition) is 4. The Bertz CT molecular complexity index is 492. The molecule has 0 unspecified atom stereocenters. The second-order valence-corrected chi connectivity index (χ2v) is 3.74. The number of nitrogens with zero attached hydrogens (tertiary/aromatic N) is 2. The molecular weight excluding hydrogens is 220 g/mol. The normalized spacial score (nSPS) is 11.4. The smallest absolute Gasteiger partial charge is 0.290 e. The Balaban J connectivity index is 2.17. The van der Waals surface area contributed by atoms with Gasteiger partial charge >= 0.3 is 0 Å². The molecule has 0 aliphatic heterocycles. The van der Waals surface area contributed by atoms with Crippen molar-refractivity contribution in [1.29, 1.82) is 0 Å². The fraction of sp³-hybridized carbons (Fsp3) is 0.167. The molecule has 5 nitrogen and oxygen atoms in total. The van der Waals surface area contributed by atoms with Crippen LogP contribution in [-0.2, 0) is 6.42 Å². The van der Waals surface area contributed by atoms with Gasteiger partial charge in [-0.15, -0.1) is 0 Å². The number of carbonyl (C=O) groups excluding carboxylic acids is 1. The molecular formula is C12H12N2O3. The lowest BCUT2D eigenvalue weighted by molar-refractivity contribution is -0.125. The van der Waals surface area contributed by atoms with Crippen LogP contribution in [0.3, 0.4) is 0 Å². The van der Waals surface area contributed by atoms with Crippen molar-refractivity contribution in [2.75, 3.05) is 0 Å². The van der Waals surface area contributed by atoms with Crippen LogP contribution in [0.25, 0.3) is 0 Å². The maximum Gasteiger partial charge on any atom is 0.290 e. The molecule has 88 valence electrons. The third-order valence-corrected chi connectivity index (χ3v) is 2.38. The van der Waals surface area contributed by atoms with Crippen LogP contribution in [0.4, 0.5) is 0 Å². The van der Waals surface area contributed by atoms with E-state index in [1.807, 2.05) is 0 Å². The molecule has 0 spiro atoms. The minimum Gasteiger partial charge on any atom is -0.358 e. The van der Waals surface area contributed by atoms with Gasteiger partial charge in [-0.2, -0.15) is 0 Å². The van der Waals surface area contributed by atoms with Crippen molar-refractivity contribution in [3.8, 4) is 0 Å². The van der Waals surface area contributed by atoms with E-state index >= 15 is 0 Å². The molecule has 0 atom stereocenters. The van der Waals surface area contributed by atoms with Crippen molar-refractivity contribution in [2.45, 2.75) is 12.2 Å². The first-order valence-corrected chi connectivity index (χ1v) is 5.11. The van der Waals surface area contributed by atoms with Crippen LogP contribution in [0, 0.1) is 0 Å². The highest BCUT2D eigenvalue weighted by Gasteiger charge is 2.34. The first kappa shape index (κ1) is 11.5. The van der Waals surface area contributed by atoms with Crippen molar-refractivity contribution in [3.63, 3.8) is 0 Å². The molecule has 0 saturated carbocycles. The number of hydrogen-bond donors (Lipinski definition) is 2. The summed E-state index contributed by atoms with van der Waals surface area (Å²) >= 11 is 0. The fourth-order valence-corrected chi connectivity index (χ4v) is 1.54. The fourth-order valence-electron chi connectivity index (χ4n) is 1.54. The minimum absolute atomic E-state index is 0.174. The average molecular weight is 232 g/mol. The van der Waals surface area contributed by atoms with E-state index in [1.54, 1.807) is 24.3 Å². The molecule has 2 rings (SSSR count). The lowest BCUT2D eigenvalue weighted by Crippen LogP contribution is -2.43. The van der Waals surface area contributed by atoms with Crippen LogP contribution in [0.5, 0.6) is 0 Å². The van der Waals surface area contributed by atoms with E-state index in [9.17, 15) is 15.0 Å². The summed E-state index contributed by atoms with van der Waals surface area (Å²) in [6, 6.07) is 6.54. The largest absolute Gasteiger partial charge is 0.358 e. The summed E-state index contributed by atoms with van der Waals surface area (Å²) in [6.45, 7) is 0. The van der Waals surface area contributed by atoms with Crippen LogP contribution in [-0.4, -0.2) is 31.5 Å². The highest BCUT2D eigenvalue weighted by atomic mass is 16.5. The summed E-state index contributed by atoms with van der Waals surface area (Å²) in [7, 11) is 0. The number of aromatic nitrogens is 2. The molecule has 0 aromatic carbocycles. The summed E-state index contributed by atoms with van der Waals surface area (Å²) in [4.78, 5) is 15.6. The van der Waals surface area contributed by atoms with Gasteiger partial charge in [-0.25, -0.2) is 0 Å². The second-order valence-electron chi connectivity index (χ2n) is 3.74. The van der Waals surface area contributed by atoms with E-state index in [1.165, 1.54) is 24.8 Å². The minimum atomic E-state index is -2.42. The molecule has 0 amide bonds. The predicted octanol–water partition coefficient (Wildman–Crippen LogP) is 0.447. The highest BCUT2D eigenvalue weighted by Crippen LogP contribution is 2.12. The zero-order valence-electron chi connectivity index (χ0n) is 9.02. The molecule has 0 aliphatic carbocycles. The summed E-state index contributed by atoms with van der Waals surface area (Å²) in [6.07, 6.45) is 5.83. The Hall–Kier alpha value is -1.98. The Morgan fingerprint density at radius 1 is 1.24 bits per heavy atom. The van der Waals surface area contributed by atoms with E-state index in [0.29, 0.717) is 5.56 Å². The molecule has 17 heavy (non-hydrogen) atoms. The molecule has 0 saturated heterocycles. The maximum atomic E-state index is 11.8. The first-order valence-electron chi connectivity index (χ1n) is 5.11. The van der Waals surface area contributed by atoms with Crippen LogP contribution in [0.1, 0.15) is 10.4 Å². The van der Waals surface area contributed by atoms with Crippen molar-refractivity contribution < 1.29 is 15.0 Å². The van der Waals surface area contributed by atoms with Gasteiger partial charge < -0.3 is 10.2 Å². The Labute approximate surface area is 98.0 Å². The first-order chi connectivity index (χ1) is 8.09. The van der Waals surface area contributed by atoms with Crippen molar-refractivity contribution in [1.82, 2.24) is 9.55 Å². The van der Waals surface area contributed by atoms with Gasteiger partial charge in [0.2, 0.25) is 5.79 Å². The molecule has 2 aromatic rings. The maximum absolute atomic E-state index is 11.8. The third-order valence-electron chi connectivity index (χ3n) is 2.38. The van der Waals surface area contributed by atoms with Gasteiger partial charge in [0.25, 0.3) is 5.91 Å². The molecule has 2 aromatic heterocycles. The summed E-state index contributed by atoms with van der Waals surface area (Å²) in [5.41, 5.74) is 0.630. The van der Waals surface area contributed by atoms with Crippen molar-refractivity contribution in [3.05, 3.63) is 54.6 Å². The molecule has 0 fully saturated rings. The van der Waals surface area contributed by atoms with Gasteiger partial charge in [-0.05, 0) is 29.8 Å². The number of rotatable bonds is 3. The third kappa shape index (κ3) is 2.58. The molecule has 0 radical (unpaired) electrons. The average Bonchev–Trinajstić information content (AvgIpc) is 2.82. The van der Waals surface area contributed by atoms with Crippen LogP contribution >= 0.6 is 0 Å². The Kier molecular flexibility index (Phi) is 3.03. The number of aliphatic hydroxyl groups is 2. The molecule has 2 N–H and O–H groups in total. The van der Waals surface area contributed by atoms with E-state index < -0.39 is 11.7 Å². The van der Waals surface area contributed by atoms with E-state index in [0.717, 1.165) is 4.57 Å². The van der Waals surface area contributed by atoms with Gasteiger partial charge in [0.15, 0.2) is 0 Å². The van der Waals surface area contributed by atoms with Crippen LogP contribution in [0.15, 0.2) is 49.1 Å². The van der Waals surface area contributed by atoms with Crippen molar-refractivity contribution >= 4 is 5.91 Å². The molecule has 2 heterocycles. The predicted molar refractivity (Wildman–Crippen MR) is 60.2 cm³/mol. The second kappa shape index (κ2) is 4.48. The zero-order chi connectivity index (χ0) is 12.3. The van der Waals surface area contributed by atoms with E-state index in [4.69, 9.17) is 0 Å². The zero-order valence-corrected chi connectivity index (χ0v) is 9.02. The van der Waals surface area contributed by atoms with Gasteiger partial charge in [-0.1, -0.05) is 0 Å². The summed E-state index contributed by atoms with van der Waals surface area (Å²) in [5.74, 6) is -3.19. The van der Waals surface area contributed by atoms with Crippen LogP contribution in [0.2, 0.25) is 0 Å². The quantitative estimate of drug-likeness (QED) is 0.753. The topological polar surface area (TPSA) is 75.4 Å². The lowest BCUT2D eigenvalue weighted by Gasteiger charge is -2.20. The molecule has 0 aliphatic rings. The van der Waals surface area contributed by atoms with Gasteiger partial charge in [0.1, 0.15) is 0 Å². The Morgan fingerprint density at radius 3 is 2.41 bits per heavy atom. The van der Waals surface area contributed by atoms with Gasteiger partial charge in [0, 0.05) is 31.2 Å². The van der Waals surface area contributed by atoms with E-state index in [2.05, 4.69) is 4.98 Å². The highest BCUT2D eigenvalue weighted by molar-refractivity contribution is 5.85. The SMILES string of the molecule is O=C(n1cccc1)C(O)(O)Cc1ccncc1. The van der Waals surface area contributed by atoms with Crippen LogP contribution < -0.4 is 0 Å². The summed E-state index contributed by atoms with van der Waals surface area (Å²) < 4.78 is 1.14. The monoisotopic (exact) mass is 232 g/mol. The summed E-state index contributed by atoms with van der Waals surface area (Å²) in [5, 5.41) is 19.5. The van der Waals surface area contributed by atoms with Gasteiger partial charge in [-0.3, -0.25) is 14.3 Å². The Morgan fingerprint density at radius 2 is 1.82 bits per heavy atom.